The maximum atomic E-state index is 12.4. The standard InChI is InChI=1S/C21H21N9O.C20H19N9O.CH3F/c1-13-14(20-24-12-30(3)29-20)7-6-8-15(13)25-16-11-18(26-17-9-4-5-10-23-17)27-28-19(16)21(31)22-2;1-12-13(19-23-11-24-29-19)6-5-7-14(12)25-15-10-17(26-16-8-3-4-9-22-16)27-28-18(15)20(30)21-2;1-2/h4-12H,1-3H3,(H,22,31)(H2,23,25,26,27);3-11H,1-2H3,(H,21,30)(H,23,24,29)(H2,22,25,26,27);1H3/i;;1D. The van der Waals surface area contributed by atoms with E-state index in [1.807, 2.05) is 93.7 Å². The number of H-pyrrole nitrogens is 1. The van der Waals surface area contributed by atoms with Gasteiger partial charge in [0.1, 0.15) is 24.3 Å². The quantitative estimate of drug-likeness (QED) is 0.0720. The molecule has 6 heterocycles. The molecular weight excluding hydrogens is 808 g/mol. The van der Waals surface area contributed by atoms with E-state index in [-0.39, 0.29) is 23.2 Å². The minimum atomic E-state index is -1.00. The van der Waals surface area contributed by atoms with Crippen LogP contribution in [0.1, 0.15) is 33.5 Å². The highest BCUT2D eigenvalue weighted by atomic mass is 19.1. The first kappa shape index (κ1) is 42.4. The van der Waals surface area contributed by atoms with E-state index in [0.29, 0.717) is 46.3 Å². The number of pyridine rings is 2. The van der Waals surface area contributed by atoms with Crippen LogP contribution in [0.5, 0.6) is 0 Å². The van der Waals surface area contributed by atoms with Crippen LogP contribution in [0.2, 0.25) is 0 Å². The summed E-state index contributed by atoms with van der Waals surface area (Å²) in [6.07, 6.45) is 6.46. The van der Waals surface area contributed by atoms with Gasteiger partial charge in [-0.2, -0.15) is 10.2 Å². The zero-order chi connectivity index (χ0) is 45.4. The summed E-state index contributed by atoms with van der Waals surface area (Å²) in [4.78, 5) is 41.7. The van der Waals surface area contributed by atoms with Crippen LogP contribution in [-0.4, -0.2) is 93.4 Å². The van der Waals surface area contributed by atoms with Crippen LogP contribution in [0.3, 0.4) is 0 Å². The number of rotatable bonds is 12. The molecule has 21 heteroatoms. The fourth-order valence-corrected chi connectivity index (χ4v) is 5.93. The molecule has 7 N–H and O–H groups in total. The van der Waals surface area contributed by atoms with Gasteiger partial charge in [-0.05, 0) is 61.4 Å². The van der Waals surface area contributed by atoms with Crippen molar-refractivity contribution in [3.8, 4) is 22.8 Å². The highest BCUT2D eigenvalue weighted by molar-refractivity contribution is 5.99. The number of nitrogens with zero attached hydrogens (tertiary/aromatic N) is 11. The van der Waals surface area contributed by atoms with Gasteiger partial charge in [0.25, 0.3) is 11.8 Å². The molecule has 8 aromatic rings. The van der Waals surface area contributed by atoms with Crippen LogP contribution in [0.25, 0.3) is 22.8 Å². The Bertz CT molecular complexity index is 2790. The smallest absolute Gasteiger partial charge is 0.273 e. The van der Waals surface area contributed by atoms with Crippen LogP contribution >= 0.6 is 0 Å². The fraction of sp³-hybridized carbons (Fsp3) is 0.143. The minimum absolute atomic E-state index is 0.175. The number of benzene rings is 2. The third kappa shape index (κ3) is 10.9. The van der Waals surface area contributed by atoms with Crippen LogP contribution < -0.4 is 31.9 Å². The molecule has 0 saturated carbocycles. The van der Waals surface area contributed by atoms with Gasteiger partial charge in [-0.25, -0.2) is 19.9 Å². The molecule has 0 aliphatic rings. The summed E-state index contributed by atoms with van der Waals surface area (Å²) < 4.78 is 17.2. The molecule has 0 radical (unpaired) electrons. The molecule has 0 spiro atoms. The lowest BCUT2D eigenvalue weighted by atomic mass is 10.1. The van der Waals surface area contributed by atoms with E-state index in [1.54, 1.807) is 49.6 Å². The number of carbonyl (C=O) groups is 2. The van der Waals surface area contributed by atoms with E-state index in [2.05, 4.69) is 87.5 Å². The molecule has 63 heavy (non-hydrogen) atoms. The molecule has 0 bridgehead atoms. The summed E-state index contributed by atoms with van der Waals surface area (Å²) in [5, 5.41) is 45.6. The van der Waals surface area contributed by atoms with Gasteiger partial charge in [-0.1, -0.05) is 36.4 Å². The van der Waals surface area contributed by atoms with Crippen LogP contribution in [0, 0.1) is 13.8 Å². The van der Waals surface area contributed by atoms with Gasteiger partial charge in [0, 0.05) is 68.2 Å². The van der Waals surface area contributed by atoms with Crippen molar-refractivity contribution in [2.24, 2.45) is 7.05 Å². The molecule has 0 saturated heterocycles. The molecule has 2 amide bonds. The van der Waals surface area contributed by atoms with E-state index < -0.39 is 7.15 Å². The largest absolute Gasteiger partial charge is 0.354 e. The molecule has 0 aliphatic carbocycles. The molecule has 320 valence electrons. The summed E-state index contributed by atoms with van der Waals surface area (Å²) >= 11 is 0. The van der Waals surface area contributed by atoms with E-state index in [0.717, 1.165) is 33.6 Å². The van der Waals surface area contributed by atoms with Gasteiger partial charge in [0.15, 0.2) is 34.7 Å². The predicted octanol–water partition coefficient (Wildman–Crippen LogP) is 6.22. The Kier molecular flexibility index (Phi) is 14.1. The first-order chi connectivity index (χ1) is 31.1. The van der Waals surface area contributed by atoms with Gasteiger partial charge >= 0.3 is 0 Å². The number of aromatic nitrogens is 12. The predicted molar refractivity (Wildman–Crippen MR) is 237 cm³/mol. The minimum Gasteiger partial charge on any atom is -0.354 e. The summed E-state index contributed by atoms with van der Waals surface area (Å²) in [5.74, 6) is 2.73. The van der Waals surface area contributed by atoms with Crippen molar-refractivity contribution < 1.29 is 15.4 Å². The Morgan fingerprint density at radius 2 is 1.16 bits per heavy atom. The molecule has 0 unspecified atom stereocenters. The number of anilines is 8. The second-order valence-corrected chi connectivity index (χ2v) is 13.1. The van der Waals surface area contributed by atoms with Crippen molar-refractivity contribution in [2.75, 3.05) is 42.5 Å². The lowest BCUT2D eigenvalue weighted by Gasteiger charge is -2.15. The number of amides is 2. The second-order valence-electron chi connectivity index (χ2n) is 13.1. The average Bonchev–Trinajstić information content (AvgIpc) is 4.01. The Balaban J connectivity index is 0.000000200. The average molecular weight is 852 g/mol. The number of hydrogen-bond donors (Lipinski definition) is 7. The summed E-state index contributed by atoms with van der Waals surface area (Å²) in [5.41, 5.74) is 6.61. The van der Waals surface area contributed by atoms with Crippen LogP contribution in [0.4, 0.5) is 50.4 Å². The maximum Gasteiger partial charge on any atom is 0.273 e. The van der Waals surface area contributed by atoms with Gasteiger partial charge < -0.3 is 31.9 Å². The topological polar surface area (TPSA) is 256 Å². The van der Waals surface area contributed by atoms with E-state index in [9.17, 15) is 14.0 Å². The van der Waals surface area contributed by atoms with Crippen molar-refractivity contribution in [1.82, 2.24) is 70.9 Å². The summed E-state index contributed by atoms with van der Waals surface area (Å²) in [7, 11) is 3.92. The normalized spacial score (nSPS) is 10.5. The zero-order valence-corrected chi connectivity index (χ0v) is 34.7. The lowest BCUT2D eigenvalue weighted by molar-refractivity contribution is 0.0950. The first-order valence-corrected chi connectivity index (χ1v) is 19.0. The van der Waals surface area contributed by atoms with Crippen LogP contribution in [-0.2, 0) is 7.05 Å². The van der Waals surface area contributed by atoms with Gasteiger partial charge in [0.05, 0.1) is 19.9 Å². The second kappa shape index (κ2) is 21.0. The highest BCUT2D eigenvalue weighted by Crippen LogP contribution is 2.32. The molecule has 0 fully saturated rings. The summed E-state index contributed by atoms with van der Waals surface area (Å²) in [6, 6.07) is 26.0. The van der Waals surface area contributed by atoms with Crippen molar-refractivity contribution >= 4 is 57.8 Å². The molecule has 6 aromatic heterocycles. The number of aromatic amines is 1. The SMILES string of the molecule is CNC(=O)c1nnc(Nc2ccccn2)cc1Nc1cccc(-c2ncn(C)n2)c1C.CNC(=O)c1nnc(Nc2ccccn2)cc1Nc1cccc(-c2ncn[nH]2)c1C.[2H]CF. The molecular formula is C42H43FN18O2. The van der Waals surface area contributed by atoms with E-state index in [4.69, 9.17) is 1.37 Å². The maximum absolute atomic E-state index is 12.4. The zero-order valence-electron chi connectivity index (χ0n) is 35.7. The van der Waals surface area contributed by atoms with Gasteiger partial charge in [-0.15, -0.1) is 20.4 Å². The molecule has 0 aliphatic heterocycles. The molecule has 8 rings (SSSR count). The van der Waals surface area contributed by atoms with Crippen molar-refractivity contribution in [3.05, 3.63) is 132 Å². The van der Waals surface area contributed by atoms with Crippen molar-refractivity contribution in [1.29, 1.82) is 0 Å². The highest BCUT2D eigenvalue weighted by Gasteiger charge is 2.19. The van der Waals surface area contributed by atoms with Crippen molar-refractivity contribution in [2.45, 2.75) is 13.8 Å². The first-order valence-electron chi connectivity index (χ1n) is 19.7. The molecule has 0 atom stereocenters. The van der Waals surface area contributed by atoms with E-state index >= 15 is 0 Å². The fourth-order valence-electron chi connectivity index (χ4n) is 5.93. The Labute approximate surface area is 362 Å². The van der Waals surface area contributed by atoms with Gasteiger partial charge in [-0.3, -0.25) is 23.8 Å². The van der Waals surface area contributed by atoms with Crippen molar-refractivity contribution in [3.63, 3.8) is 0 Å². The summed E-state index contributed by atoms with van der Waals surface area (Å²) in [6.45, 7) is 3.93. The molecule has 20 nitrogen and oxygen atoms in total. The molecule has 2 aromatic carbocycles. The van der Waals surface area contributed by atoms with Gasteiger partial charge in [0.2, 0.25) is 0 Å². The number of nitrogens with one attached hydrogen (secondary N) is 7. The van der Waals surface area contributed by atoms with Crippen LogP contribution in [0.15, 0.2) is 110 Å². The Morgan fingerprint density at radius 3 is 1.60 bits per heavy atom. The Morgan fingerprint density at radius 1 is 0.635 bits per heavy atom. The number of aryl methyl sites for hydroxylation is 1. The number of halogens is 1. The third-order valence-corrected chi connectivity index (χ3v) is 9.03. The van der Waals surface area contributed by atoms with E-state index in [1.165, 1.54) is 6.33 Å². The Hall–Kier alpha value is -8.75. The monoisotopic (exact) mass is 851 g/mol. The number of hydrogen-bond acceptors (Lipinski definition) is 16. The number of alkyl halides is 1. The lowest BCUT2D eigenvalue weighted by Crippen LogP contribution is -2.21. The third-order valence-electron chi connectivity index (χ3n) is 9.03. The number of carbonyl (C=O) groups excluding carboxylic acids is 2.